The monoisotopic (exact) mass is 470 g/mol. The molecule has 0 spiro atoms. The van der Waals surface area contributed by atoms with Crippen molar-refractivity contribution in [2.24, 2.45) is 0 Å². The number of nitrogens with one attached hydrogen (secondary N) is 1. The van der Waals surface area contributed by atoms with Crippen molar-refractivity contribution in [1.82, 2.24) is 5.32 Å². The molecule has 0 aromatic heterocycles. The number of benzene rings is 3. The molecule has 168 valence electrons. The summed E-state index contributed by atoms with van der Waals surface area (Å²) in [5.41, 5.74) is 3.58. The molecule has 0 fully saturated rings. The van der Waals surface area contributed by atoms with Gasteiger partial charge in [-0.1, -0.05) is 60.5 Å². The highest BCUT2D eigenvalue weighted by Gasteiger charge is 2.27. The van der Waals surface area contributed by atoms with E-state index in [-0.39, 0.29) is 17.5 Å². The van der Waals surface area contributed by atoms with Gasteiger partial charge in [-0.15, -0.1) is 0 Å². The Labute approximate surface area is 195 Å². The SMILES string of the molecule is CCc1ccc(C(C)NC(=O)CN(c2ccc(C)cc2)S(=O)(=O)c2ccc(Cl)cc2)cc1. The first-order valence-corrected chi connectivity index (χ1v) is 12.3. The highest BCUT2D eigenvalue weighted by molar-refractivity contribution is 7.92. The van der Waals surface area contributed by atoms with Crippen LogP contribution >= 0.6 is 11.6 Å². The minimum Gasteiger partial charge on any atom is -0.348 e. The molecule has 0 aliphatic rings. The van der Waals surface area contributed by atoms with Gasteiger partial charge in [-0.2, -0.15) is 0 Å². The predicted octanol–water partition coefficient (Wildman–Crippen LogP) is 5.28. The number of carbonyl (C=O) groups excluding carboxylic acids is 1. The Morgan fingerprint density at radius 1 is 0.969 bits per heavy atom. The second-order valence-corrected chi connectivity index (χ2v) is 9.98. The summed E-state index contributed by atoms with van der Waals surface area (Å²) in [5.74, 6) is -0.393. The van der Waals surface area contributed by atoms with Crippen LogP contribution in [0.3, 0.4) is 0 Å². The second-order valence-electron chi connectivity index (χ2n) is 7.69. The van der Waals surface area contributed by atoms with E-state index in [1.165, 1.54) is 29.8 Å². The van der Waals surface area contributed by atoms with Gasteiger partial charge in [-0.3, -0.25) is 9.10 Å². The van der Waals surface area contributed by atoms with Gasteiger partial charge < -0.3 is 5.32 Å². The summed E-state index contributed by atoms with van der Waals surface area (Å²) >= 11 is 5.92. The van der Waals surface area contributed by atoms with Crippen molar-refractivity contribution >= 4 is 33.2 Å². The van der Waals surface area contributed by atoms with Crippen LogP contribution in [0.15, 0.2) is 77.7 Å². The number of amides is 1. The van der Waals surface area contributed by atoms with Crippen LogP contribution in [0.1, 0.15) is 36.6 Å². The molecule has 32 heavy (non-hydrogen) atoms. The number of halogens is 1. The molecule has 0 saturated carbocycles. The number of carbonyl (C=O) groups is 1. The van der Waals surface area contributed by atoms with E-state index in [0.717, 1.165) is 21.9 Å². The van der Waals surface area contributed by atoms with E-state index in [1.54, 1.807) is 12.1 Å². The summed E-state index contributed by atoms with van der Waals surface area (Å²) in [5, 5.41) is 3.35. The van der Waals surface area contributed by atoms with Crippen LogP contribution in [0.25, 0.3) is 0 Å². The zero-order valence-electron chi connectivity index (χ0n) is 18.4. The lowest BCUT2D eigenvalue weighted by Crippen LogP contribution is -2.41. The fraction of sp³-hybridized carbons (Fsp3) is 0.240. The van der Waals surface area contributed by atoms with Crippen LogP contribution in [0, 0.1) is 6.92 Å². The van der Waals surface area contributed by atoms with Crippen molar-refractivity contribution < 1.29 is 13.2 Å². The molecule has 3 aromatic carbocycles. The third-order valence-corrected chi connectivity index (χ3v) is 7.32. The molecule has 1 amide bonds. The van der Waals surface area contributed by atoms with E-state index in [0.29, 0.717) is 10.7 Å². The number of anilines is 1. The van der Waals surface area contributed by atoms with E-state index in [9.17, 15) is 13.2 Å². The van der Waals surface area contributed by atoms with E-state index < -0.39 is 15.9 Å². The zero-order valence-corrected chi connectivity index (χ0v) is 20.0. The van der Waals surface area contributed by atoms with Gasteiger partial charge in [0.05, 0.1) is 16.6 Å². The molecule has 3 rings (SSSR count). The fourth-order valence-electron chi connectivity index (χ4n) is 3.30. The lowest BCUT2D eigenvalue weighted by Gasteiger charge is -2.25. The lowest BCUT2D eigenvalue weighted by atomic mass is 10.1. The van der Waals surface area contributed by atoms with Crippen LogP contribution in [0.5, 0.6) is 0 Å². The van der Waals surface area contributed by atoms with Gasteiger partial charge in [-0.05, 0) is 67.8 Å². The molecule has 0 radical (unpaired) electrons. The number of sulfonamides is 1. The molecule has 1 atom stereocenters. The topological polar surface area (TPSA) is 66.5 Å². The number of aryl methyl sites for hydroxylation is 2. The van der Waals surface area contributed by atoms with Gasteiger partial charge >= 0.3 is 0 Å². The first kappa shape index (κ1) is 23.8. The van der Waals surface area contributed by atoms with Crippen molar-refractivity contribution in [3.63, 3.8) is 0 Å². The van der Waals surface area contributed by atoms with Crippen molar-refractivity contribution in [3.05, 3.63) is 94.5 Å². The van der Waals surface area contributed by atoms with Crippen molar-refractivity contribution in [3.8, 4) is 0 Å². The highest BCUT2D eigenvalue weighted by Crippen LogP contribution is 2.25. The molecule has 0 aliphatic heterocycles. The molecule has 7 heteroatoms. The Hall–Kier alpha value is -2.83. The quantitative estimate of drug-likeness (QED) is 0.486. The van der Waals surface area contributed by atoms with E-state index in [2.05, 4.69) is 12.2 Å². The molecular weight excluding hydrogens is 444 g/mol. The number of hydrogen-bond donors (Lipinski definition) is 1. The Morgan fingerprint density at radius 3 is 2.12 bits per heavy atom. The molecule has 5 nitrogen and oxygen atoms in total. The summed E-state index contributed by atoms with van der Waals surface area (Å²) in [4.78, 5) is 13.0. The summed E-state index contributed by atoms with van der Waals surface area (Å²) in [6.45, 7) is 5.54. The van der Waals surface area contributed by atoms with Crippen LogP contribution in [-0.2, 0) is 21.2 Å². The maximum absolute atomic E-state index is 13.4. The van der Waals surface area contributed by atoms with Gasteiger partial charge in [0, 0.05) is 5.02 Å². The predicted molar refractivity (Wildman–Crippen MR) is 130 cm³/mol. The summed E-state index contributed by atoms with van der Waals surface area (Å²) in [6, 6.07) is 20.7. The molecule has 1 unspecified atom stereocenters. The van der Waals surface area contributed by atoms with Crippen molar-refractivity contribution in [2.45, 2.75) is 38.1 Å². The zero-order chi connectivity index (χ0) is 23.3. The first-order valence-electron chi connectivity index (χ1n) is 10.4. The van der Waals surface area contributed by atoms with Gasteiger partial charge in [0.15, 0.2) is 0 Å². The average Bonchev–Trinajstić information content (AvgIpc) is 2.78. The second kappa shape index (κ2) is 10.2. The van der Waals surface area contributed by atoms with Crippen LogP contribution in [0.2, 0.25) is 5.02 Å². The van der Waals surface area contributed by atoms with Gasteiger partial charge in [0.2, 0.25) is 5.91 Å². The van der Waals surface area contributed by atoms with Crippen LogP contribution in [0.4, 0.5) is 5.69 Å². The van der Waals surface area contributed by atoms with Gasteiger partial charge in [-0.25, -0.2) is 8.42 Å². The molecule has 1 N–H and O–H groups in total. The Bertz CT molecular complexity index is 1160. The minimum absolute atomic E-state index is 0.0680. The molecule has 0 aliphatic carbocycles. The standard InChI is InChI=1S/C25H27ClN2O3S/c1-4-20-7-9-21(10-8-20)19(3)27-25(29)17-28(23-13-5-18(2)6-14-23)32(30,31)24-15-11-22(26)12-16-24/h5-16,19H,4,17H2,1-3H3,(H,27,29). The van der Waals surface area contributed by atoms with Crippen LogP contribution < -0.4 is 9.62 Å². The molecule has 0 saturated heterocycles. The minimum atomic E-state index is -3.97. The highest BCUT2D eigenvalue weighted by atomic mass is 35.5. The summed E-state index contributed by atoms with van der Waals surface area (Å²) in [6.07, 6.45) is 0.940. The van der Waals surface area contributed by atoms with Gasteiger partial charge in [0.25, 0.3) is 10.0 Å². The van der Waals surface area contributed by atoms with Crippen molar-refractivity contribution in [2.75, 3.05) is 10.8 Å². The van der Waals surface area contributed by atoms with E-state index >= 15 is 0 Å². The van der Waals surface area contributed by atoms with Crippen molar-refractivity contribution in [1.29, 1.82) is 0 Å². The van der Waals surface area contributed by atoms with E-state index in [1.807, 2.05) is 50.2 Å². The number of hydrogen-bond acceptors (Lipinski definition) is 3. The Morgan fingerprint density at radius 2 is 1.56 bits per heavy atom. The molecular formula is C25H27ClN2O3S. The average molecular weight is 471 g/mol. The summed E-state index contributed by atoms with van der Waals surface area (Å²) < 4.78 is 27.9. The molecule has 0 bridgehead atoms. The molecule has 3 aromatic rings. The number of rotatable bonds is 8. The van der Waals surface area contributed by atoms with Gasteiger partial charge in [0.1, 0.15) is 6.54 Å². The third-order valence-electron chi connectivity index (χ3n) is 5.28. The lowest BCUT2D eigenvalue weighted by molar-refractivity contribution is -0.120. The Balaban J connectivity index is 1.85. The smallest absolute Gasteiger partial charge is 0.264 e. The summed E-state index contributed by atoms with van der Waals surface area (Å²) in [7, 11) is -3.97. The normalized spacial score (nSPS) is 12.2. The van der Waals surface area contributed by atoms with Crippen LogP contribution in [-0.4, -0.2) is 20.9 Å². The Kier molecular flexibility index (Phi) is 7.59. The maximum Gasteiger partial charge on any atom is 0.264 e. The fourth-order valence-corrected chi connectivity index (χ4v) is 4.85. The first-order chi connectivity index (χ1) is 15.2. The van der Waals surface area contributed by atoms with E-state index in [4.69, 9.17) is 11.6 Å². The maximum atomic E-state index is 13.4. The third kappa shape index (κ3) is 5.69. The molecule has 0 heterocycles. The largest absolute Gasteiger partial charge is 0.348 e. The number of nitrogens with zero attached hydrogens (tertiary/aromatic N) is 1.